The molecule has 0 saturated carbocycles. The van der Waals surface area contributed by atoms with E-state index in [0.717, 1.165) is 9.87 Å². The lowest BCUT2D eigenvalue weighted by atomic mass is 10.1. The van der Waals surface area contributed by atoms with E-state index in [4.69, 9.17) is 0 Å². The number of sulfonamides is 1. The smallest absolute Gasteiger partial charge is 0.265 e. The molecule has 136 valence electrons. The molecule has 0 radical (unpaired) electrons. The van der Waals surface area contributed by atoms with Crippen molar-refractivity contribution in [1.29, 1.82) is 0 Å². The Balaban J connectivity index is 2.46. The predicted molar refractivity (Wildman–Crippen MR) is 97.2 cm³/mol. The molecule has 0 saturated heterocycles. The van der Waals surface area contributed by atoms with Crippen LogP contribution in [0.2, 0.25) is 0 Å². The molecule has 7 nitrogen and oxygen atoms in total. The molecule has 0 aliphatic carbocycles. The number of benzene rings is 1. The monoisotopic (exact) mass is 364 g/mol. The molecular weight excluding hydrogens is 340 g/mol. The van der Waals surface area contributed by atoms with Crippen molar-refractivity contribution < 1.29 is 13.2 Å². The molecule has 1 aromatic heterocycles. The van der Waals surface area contributed by atoms with Gasteiger partial charge in [-0.3, -0.25) is 13.8 Å². The van der Waals surface area contributed by atoms with Gasteiger partial charge in [-0.05, 0) is 39.8 Å². The SMILES string of the molecule is Cc1ccc(S(=O)(=O)N(C)c2c(C(=O)NC(C)(C)C)cnn2C)cc1. The zero-order chi connectivity index (χ0) is 19.0. The van der Waals surface area contributed by atoms with Gasteiger partial charge in [0.1, 0.15) is 5.56 Å². The number of hydrogen-bond acceptors (Lipinski definition) is 4. The summed E-state index contributed by atoms with van der Waals surface area (Å²) in [5, 5.41) is 6.89. The second kappa shape index (κ2) is 6.51. The van der Waals surface area contributed by atoms with Crippen LogP contribution in [0, 0.1) is 6.92 Å². The fourth-order valence-electron chi connectivity index (χ4n) is 2.35. The molecular formula is C17H24N4O3S. The van der Waals surface area contributed by atoms with Gasteiger partial charge in [0.05, 0.1) is 11.1 Å². The molecule has 0 bridgehead atoms. The molecule has 0 aliphatic rings. The molecule has 0 aliphatic heterocycles. The topological polar surface area (TPSA) is 84.3 Å². The van der Waals surface area contributed by atoms with Crippen LogP contribution in [0.5, 0.6) is 0 Å². The molecule has 8 heteroatoms. The third-order valence-electron chi connectivity index (χ3n) is 3.62. The van der Waals surface area contributed by atoms with Crippen LogP contribution in [0.3, 0.4) is 0 Å². The lowest BCUT2D eigenvalue weighted by molar-refractivity contribution is 0.0920. The summed E-state index contributed by atoms with van der Waals surface area (Å²) in [7, 11) is -0.790. The molecule has 2 rings (SSSR count). The van der Waals surface area contributed by atoms with Crippen molar-refractivity contribution in [3.05, 3.63) is 41.6 Å². The van der Waals surface area contributed by atoms with E-state index in [1.807, 2.05) is 27.7 Å². The number of aromatic nitrogens is 2. The summed E-state index contributed by atoms with van der Waals surface area (Å²) in [6.07, 6.45) is 1.37. The Bertz CT molecular complexity index is 878. The van der Waals surface area contributed by atoms with Crippen molar-refractivity contribution in [1.82, 2.24) is 15.1 Å². The van der Waals surface area contributed by atoms with Crippen LogP contribution in [-0.2, 0) is 17.1 Å². The van der Waals surface area contributed by atoms with Gasteiger partial charge >= 0.3 is 0 Å². The fraction of sp³-hybridized carbons (Fsp3) is 0.412. The number of rotatable bonds is 4. The standard InChI is InChI=1S/C17H24N4O3S/c1-12-7-9-13(10-8-12)25(23,24)21(6)16-14(11-18-20(16)5)15(22)19-17(2,3)4/h7-11H,1-6H3,(H,19,22). The first-order valence-electron chi connectivity index (χ1n) is 7.83. The summed E-state index contributed by atoms with van der Waals surface area (Å²) in [6.45, 7) is 7.45. The van der Waals surface area contributed by atoms with Crippen molar-refractivity contribution in [3.8, 4) is 0 Å². The highest BCUT2D eigenvalue weighted by Gasteiger charge is 2.29. The second-order valence-corrected chi connectivity index (χ2v) is 8.96. The van der Waals surface area contributed by atoms with E-state index in [0.29, 0.717) is 0 Å². The van der Waals surface area contributed by atoms with Crippen LogP contribution in [0.15, 0.2) is 35.4 Å². The Labute approximate surface area is 148 Å². The van der Waals surface area contributed by atoms with Crippen LogP contribution in [0.4, 0.5) is 5.82 Å². The number of anilines is 1. The second-order valence-electron chi connectivity index (χ2n) is 7.00. The minimum Gasteiger partial charge on any atom is -0.347 e. The molecule has 0 atom stereocenters. The summed E-state index contributed by atoms with van der Waals surface area (Å²) in [5.74, 6) is -0.163. The summed E-state index contributed by atoms with van der Waals surface area (Å²) >= 11 is 0. The van der Waals surface area contributed by atoms with Crippen LogP contribution in [-0.4, -0.2) is 36.7 Å². The highest BCUT2D eigenvalue weighted by atomic mass is 32.2. The predicted octanol–water partition coefficient (Wildman–Crippen LogP) is 2.08. The molecule has 1 heterocycles. The number of aryl methyl sites for hydroxylation is 2. The van der Waals surface area contributed by atoms with Crippen molar-refractivity contribution in [2.75, 3.05) is 11.4 Å². The van der Waals surface area contributed by atoms with Crippen LogP contribution in [0.25, 0.3) is 0 Å². The van der Waals surface area contributed by atoms with Gasteiger partial charge in [0.2, 0.25) is 0 Å². The number of nitrogens with one attached hydrogen (secondary N) is 1. The third-order valence-corrected chi connectivity index (χ3v) is 5.38. The van der Waals surface area contributed by atoms with E-state index in [1.54, 1.807) is 31.3 Å². The van der Waals surface area contributed by atoms with E-state index in [2.05, 4.69) is 10.4 Å². The number of amides is 1. The van der Waals surface area contributed by atoms with Crippen molar-refractivity contribution in [2.45, 2.75) is 38.1 Å². The van der Waals surface area contributed by atoms with Crippen molar-refractivity contribution in [3.63, 3.8) is 0 Å². The Morgan fingerprint density at radius 2 is 1.76 bits per heavy atom. The zero-order valence-corrected chi connectivity index (χ0v) is 16.2. The maximum atomic E-state index is 12.9. The molecule has 1 amide bonds. The molecule has 0 fully saturated rings. The quantitative estimate of drug-likeness (QED) is 0.900. The molecule has 0 unspecified atom stereocenters. The Morgan fingerprint density at radius 3 is 2.28 bits per heavy atom. The van der Waals surface area contributed by atoms with Crippen LogP contribution >= 0.6 is 0 Å². The average molecular weight is 364 g/mol. The lowest BCUT2D eigenvalue weighted by Gasteiger charge is -2.23. The zero-order valence-electron chi connectivity index (χ0n) is 15.4. The number of carbonyl (C=O) groups excluding carboxylic acids is 1. The third kappa shape index (κ3) is 4.01. The largest absolute Gasteiger partial charge is 0.347 e. The van der Waals surface area contributed by atoms with Crippen molar-refractivity contribution in [2.24, 2.45) is 7.05 Å². The summed E-state index contributed by atoms with van der Waals surface area (Å²) < 4.78 is 28.3. The highest BCUT2D eigenvalue weighted by molar-refractivity contribution is 7.92. The Morgan fingerprint density at radius 1 is 1.20 bits per heavy atom. The first-order valence-corrected chi connectivity index (χ1v) is 9.27. The number of hydrogen-bond donors (Lipinski definition) is 1. The summed E-state index contributed by atoms with van der Waals surface area (Å²) in [5.41, 5.74) is 0.724. The molecule has 25 heavy (non-hydrogen) atoms. The summed E-state index contributed by atoms with van der Waals surface area (Å²) in [4.78, 5) is 12.7. The van der Waals surface area contributed by atoms with Gasteiger partial charge in [-0.15, -0.1) is 0 Å². The van der Waals surface area contributed by atoms with E-state index < -0.39 is 15.6 Å². The normalized spacial score (nSPS) is 12.1. The maximum absolute atomic E-state index is 12.9. The van der Waals surface area contributed by atoms with E-state index in [1.165, 1.54) is 17.9 Å². The lowest BCUT2D eigenvalue weighted by Crippen LogP contribution is -2.41. The Hall–Kier alpha value is -2.35. The number of nitrogens with zero attached hydrogens (tertiary/aromatic N) is 3. The van der Waals surface area contributed by atoms with E-state index in [-0.39, 0.29) is 22.2 Å². The van der Waals surface area contributed by atoms with Gasteiger partial charge < -0.3 is 5.32 Å². The molecule has 1 N–H and O–H groups in total. The first-order chi connectivity index (χ1) is 11.4. The van der Waals surface area contributed by atoms with Crippen molar-refractivity contribution >= 4 is 21.7 Å². The molecule has 2 aromatic rings. The van der Waals surface area contributed by atoms with E-state index >= 15 is 0 Å². The maximum Gasteiger partial charge on any atom is 0.265 e. The van der Waals surface area contributed by atoms with Gasteiger partial charge in [-0.2, -0.15) is 5.10 Å². The number of carbonyl (C=O) groups is 1. The highest BCUT2D eigenvalue weighted by Crippen LogP contribution is 2.25. The van der Waals surface area contributed by atoms with Gasteiger partial charge in [-0.25, -0.2) is 8.42 Å². The van der Waals surface area contributed by atoms with Crippen LogP contribution in [0.1, 0.15) is 36.7 Å². The van der Waals surface area contributed by atoms with Gasteiger partial charge in [0.15, 0.2) is 5.82 Å². The van der Waals surface area contributed by atoms with Gasteiger partial charge in [-0.1, -0.05) is 17.7 Å². The molecule has 0 spiro atoms. The van der Waals surface area contributed by atoms with Gasteiger partial charge in [0, 0.05) is 19.6 Å². The van der Waals surface area contributed by atoms with Crippen LogP contribution < -0.4 is 9.62 Å². The minimum absolute atomic E-state index is 0.156. The summed E-state index contributed by atoms with van der Waals surface area (Å²) in [6, 6.07) is 6.56. The van der Waals surface area contributed by atoms with Gasteiger partial charge in [0.25, 0.3) is 15.9 Å². The first kappa shape index (κ1) is 19.0. The van der Waals surface area contributed by atoms with E-state index in [9.17, 15) is 13.2 Å². The Kier molecular flexibility index (Phi) is 4.94. The molecule has 1 aromatic carbocycles. The average Bonchev–Trinajstić information content (AvgIpc) is 2.87. The minimum atomic E-state index is -3.81. The fourth-order valence-corrected chi connectivity index (χ4v) is 3.60.